The van der Waals surface area contributed by atoms with Gasteiger partial charge in [-0.25, -0.2) is 0 Å². The van der Waals surface area contributed by atoms with Gasteiger partial charge in [0, 0.05) is 5.56 Å². The molecule has 0 amide bonds. The standard InChI is InChI=1S/C13H16N2O3/c1-3-11(16)10-6-4-5-7-12(10)17-8-13-14-9(2)15-18-13/h4-7,11,16H,3,8H2,1-2H3/t11-/m1/s1. The van der Waals surface area contributed by atoms with Gasteiger partial charge in [0.05, 0.1) is 6.10 Å². The minimum atomic E-state index is -0.523. The van der Waals surface area contributed by atoms with Crippen LogP contribution in [0.4, 0.5) is 0 Å². The molecule has 0 saturated heterocycles. The molecular weight excluding hydrogens is 232 g/mol. The molecule has 0 saturated carbocycles. The Balaban J connectivity index is 2.09. The first-order valence-electron chi connectivity index (χ1n) is 5.89. The SMILES string of the molecule is CC[C@@H](O)c1ccccc1OCc1nc(C)no1. The van der Waals surface area contributed by atoms with Crippen LogP contribution in [-0.2, 0) is 6.61 Å². The highest BCUT2D eigenvalue weighted by molar-refractivity contribution is 5.35. The molecule has 1 heterocycles. The Labute approximate surface area is 105 Å². The highest BCUT2D eigenvalue weighted by atomic mass is 16.5. The minimum Gasteiger partial charge on any atom is -0.483 e. The van der Waals surface area contributed by atoms with Crippen LogP contribution in [-0.4, -0.2) is 15.2 Å². The summed E-state index contributed by atoms with van der Waals surface area (Å²) in [7, 11) is 0. The quantitative estimate of drug-likeness (QED) is 0.879. The zero-order valence-corrected chi connectivity index (χ0v) is 10.5. The van der Waals surface area contributed by atoms with E-state index < -0.39 is 6.10 Å². The second kappa shape index (κ2) is 5.64. The van der Waals surface area contributed by atoms with Crippen LogP contribution in [0.2, 0.25) is 0 Å². The minimum absolute atomic E-state index is 0.203. The van der Waals surface area contributed by atoms with E-state index >= 15 is 0 Å². The van der Waals surface area contributed by atoms with E-state index in [1.165, 1.54) is 0 Å². The van der Waals surface area contributed by atoms with Crippen LogP contribution in [0.3, 0.4) is 0 Å². The van der Waals surface area contributed by atoms with Crippen molar-refractivity contribution in [3.63, 3.8) is 0 Å². The van der Waals surface area contributed by atoms with Crippen LogP contribution in [0.25, 0.3) is 0 Å². The smallest absolute Gasteiger partial charge is 0.264 e. The predicted octanol–water partition coefficient (Wildman–Crippen LogP) is 2.40. The van der Waals surface area contributed by atoms with Crippen molar-refractivity contribution in [2.24, 2.45) is 0 Å². The summed E-state index contributed by atoms with van der Waals surface area (Å²) >= 11 is 0. The van der Waals surface area contributed by atoms with Crippen LogP contribution >= 0.6 is 0 Å². The number of aliphatic hydroxyl groups is 1. The lowest BCUT2D eigenvalue weighted by Gasteiger charge is -2.13. The number of para-hydroxylation sites is 1. The number of nitrogens with zero attached hydrogens (tertiary/aromatic N) is 2. The molecule has 0 aliphatic carbocycles. The molecule has 2 rings (SSSR count). The predicted molar refractivity (Wildman–Crippen MR) is 65.1 cm³/mol. The molecule has 1 aromatic heterocycles. The van der Waals surface area contributed by atoms with Gasteiger partial charge in [0.15, 0.2) is 12.4 Å². The molecule has 0 aliphatic heterocycles. The number of hydrogen-bond acceptors (Lipinski definition) is 5. The molecule has 1 atom stereocenters. The van der Waals surface area contributed by atoms with Gasteiger partial charge in [-0.15, -0.1) is 0 Å². The number of aliphatic hydroxyl groups excluding tert-OH is 1. The van der Waals surface area contributed by atoms with E-state index in [9.17, 15) is 5.11 Å². The van der Waals surface area contributed by atoms with Crippen LogP contribution in [0.5, 0.6) is 5.75 Å². The summed E-state index contributed by atoms with van der Waals surface area (Å²) in [4.78, 5) is 4.06. The first-order chi connectivity index (χ1) is 8.70. The van der Waals surface area contributed by atoms with Crippen LogP contribution in [0.15, 0.2) is 28.8 Å². The molecule has 0 unspecified atom stereocenters. The molecule has 5 heteroatoms. The molecule has 0 spiro atoms. The van der Waals surface area contributed by atoms with Gasteiger partial charge in [0.2, 0.25) is 0 Å². The molecule has 18 heavy (non-hydrogen) atoms. The topological polar surface area (TPSA) is 68.4 Å². The second-order valence-electron chi connectivity index (χ2n) is 3.99. The zero-order chi connectivity index (χ0) is 13.0. The monoisotopic (exact) mass is 248 g/mol. The largest absolute Gasteiger partial charge is 0.483 e. The van der Waals surface area contributed by atoms with Crippen molar-refractivity contribution >= 4 is 0 Å². The number of rotatable bonds is 5. The summed E-state index contributed by atoms with van der Waals surface area (Å²) in [5, 5.41) is 13.6. The average Bonchev–Trinajstić information content (AvgIpc) is 2.81. The molecule has 0 bridgehead atoms. The summed E-state index contributed by atoms with van der Waals surface area (Å²) < 4.78 is 10.6. The van der Waals surface area contributed by atoms with Crippen molar-refractivity contribution in [1.82, 2.24) is 10.1 Å². The maximum Gasteiger partial charge on any atom is 0.264 e. The normalized spacial score (nSPS) is 12.4. The van der Waals surface area contributed by atoms with Gasteiger partial charge in [-0.1, -0.05) is 30.3 Å². The van der Waals surface area contributed by atoms with Gasteiger partial charge < -0.3 is 14.4 Å². The Hall–Kier alpha value is -1.88. The Morgan fingerprint density at radius 1 is 1.39 bits per heavy atom. The summed E-state index contributed by atoms with van der Waals surface area (Å²) in [5.74, 6) is 1.64. The van der Waals surface area contributed by atoms with Crippen LogP contribution < -0.4 is 4.74 Å². The summed E-state index contributed by atoms with van der Waals surface area (Å²) in [6, 6.07) is 7.40. The zero-order valence-electron chi connectivity index (χ0n) is 10.5. The van der Waals surface area contributed by atoms with Gasteiger partial charge in [-0.2, -0.15) is 4.98 Å². The van der Waals surface area contributed by atoms with Crippen molar-refractivity contribution < 1.29 is 14.4 Å². The van der Waals surface area contributed by atoms with Crippen LogP contribution in [0.1, 0.15) is 36.7 Å². The molecular formula is C13H16N2O3. The summed E-state index contributed by atoms with van der Waals surface area (Å²) in [6.45, 7) is 3.87. The van der Waals surface area contributed by atoms with E-state index in [4.69, 9.17) is 9.26 Å². The number of aromatic nitrogens is 2. The van der Waals surface area contributed by atoms with Gasteiger partial charge >= 0.3 is 0 Å². The lowest BCUT2D eigenvalue weighted by Crippen LogP contribution is -2.02. The van der Waals surface area contributed by atoms with Crippen molar-refractivity contribution in [1.29, 1.82) is 0 Å². The van der Waals surface area contributed by atoms with Crippen molar-refractivity contribution in [3.05, 3.63) is 41.5 Å². The third-order valence-corrected chi connectivity index (χ3v) is 2.59. The molecule has 0 radical (unpaired) electrons. The van der Waals surface area contributed by atoms with E-state index in [-0.39, 0.29) is 6.61 Å². The molecule has 0 aliphatic rings. The molecule has 0 fully saturated rings. The molecule has 1 N–H and O–H groups in total. The lowest BCUT2D eigenvalue weighted by atomic mass is 10.1. The molecule has 1 aromatic carbocycles. The lowest BCUT2D eigenvalue weighted by molar-refractivity contribution is 0.163. The number of aryl methyl sites for hydroxylation is 1. The van der Waals surface area contributed by atoms with Gasteiger partial charge in [0.25, 0.3) is 5.89 Å². The van der Waals surface area contributed by atoms with E-state index in [0.717, 1.165) is 5.56 Å². The third kappa shape index (κ3) is 2.87. The molecule has 96 valence electrons. The maximum absolute atomic E-state index is 9.88. The van der Waals surface area contributed by atoms with E-state index in [0.29, 0.717) is 23.9 Å². The van der Waals surface area contributed by atoms with Crippen molar-refractivity contribution in [3.8, 4) is 5.75 Å². The Kier molecular flexibility index (Phi) is 3.94. The summed E-state index contributed by atoms with van der Waals surface area (Å²) in [5.41, 5.74) is 0.774. The Morgan fingerprint density at radius 3 is 2.83 bits per heavy atom. The first-order valence-corrected chi connectivity index (χ1v) is 5.89. The first kappa shape index (κ1) is 12.6. The van der Waals surface area contributed by atoms with Crippen molar-refractivity contribution in [2.75, 3.05) is 0 Å². The van der Waals surface area contributed by atoms with E-state index in [1.54, 1.807) is 6.92 Å². The third-order valence-electron chi connectivity index (χ3n) is 2.59. The molecule has 5 nitrogen and oxygen atoms in total. The second-order valence-corrected chi connectivity index (χ2v) is 3.99. The fraction of sp³-hybridized carbons (Fsp3) is 0.385. The number of ether oxygens (including phenoxy) is 1. The molecule has 2 aromatic rings. The van der Waals surface area contributed by atoms with E-state index in [1.807, 2.05) is 31.2 Å². The Bertz CT molecular complexity index is 510. The Morgan fingerprint density at radius 2 is 2.17 bits per heavy atom. The van der Waals surface area contributed by atoms with Gasteiger partial charge in [0.1, 0.15) is 5.75 Å². The van der Waals surface area contributed by atoms with Gasteiger partial charge in [-0.3, -0.25) is 0 Å². The number of benzene rings is 1. The van der Waals surface area contributed by atoms with Crippen LogP contribution in [0, 0.1) is 6.92 Å². The fourth-order valence-electron chi connectivity index (χ4n) is 1.65. The highest BCUT2D eigenvalue weighted by Gasteiger charge is 2.12. The van der Waals surface area contributed by atoms with Crippen molar-refractivity contribution in [2.45, 2.75) is 33.0 Å². The van der Waals surface area contributed by atoms with Gasteiger partial charge in [-0.05, 0) is 19.4 Å². The van der Waals surface area contributed by atoms with E-state index in [2.05, 4.69) is 10.1 Å². The highest BCUT2D eigenvalue weighted by Crippen LogP contribution is 2.27. The number of hydrogen-bond donors (Lipinski definition) is 1. The average molecular weight is 248 g/mol. The summed E-state index contributed by atoms with van der Waals surface area (Å²) in [6.07, 6.45) is 0.116. The maximum atomic E-state index is 9.88. The fourth-order valence-corrected chi connectivity index (χ4v) is 1.65.